The maximum absolute atomic E-state index is 2.32. The second kappa shape index (κ2) is 7.66. The highest BCUT2D eigenvalue weighted by Gasteiger charge is 2.23. The molecular formula is C20H26NS+. The molecule has 0 unspecified atom stereocenters. The summed E-state index contributed by atoms with van der Waals surface area (Å²) in [6.45, 7) is 4.63. The lowest BCUT2D eigenvalue weighted by Gasteiger charge is -2.24. The van der Waals surface area contributed by atoms with Crippen LogP contribution in [0.2, 0.25) is 0 Å². The van der Waals surface area contributed by atoms with Gasteiger partial charge in [-0.1, -0.05) is 56.3 Å². The van der Waals surface area contributed by atoms with Crippen LogP contribution in [0.15, 0.2) is 59.5 Å². The summed E-state index contributed by atoms with van der Waals surface area (Å²) in [6, 6.07) is 17.4. The molecule has 2 rings (SSSR count). The molecule has 0 atom stereocenters. The van der Waals surface area contributed by atoms with Crippen molar-refractivity contribution in [2.24, 2.45) is 0 Å². The molecule has 2 heteroatoms. The number of allylic oxidation sites excluding steroid dienone is 1. The highest BCUT2D eigenvalue weighted by molar-refractivity contribution is 7.98. The normalized spacial score (nSPS) is 12.0. The second-order valence-electron chi connectivity index (χ2n) is 6.14. The van der Waals surface area contributed by atoms with E-state index >= 15 is 0 Å². The lowest BCUT2D eigenvalue weighted by Crippen LogP contribution is -2.73. The van der Waals surface area contributed by atoms with Gasteiger partial charge in [0.15, 0.2) is 0 Å². The molecule has 0 bridgehead atoms. The van der Waals surface area contributed by atoms with Crippen LogP contribution in [-0.2, 0) is 5.41 Å². The zero-order valence-corrected chi connectivity index (χ0v) is 14.8. The summed E-state index contributed by atoms with van der Waals surface area (Å²) in [7, 11) is 2.11. The van der Waals surface area contributed by atoms with E-state index in [1.54, 1.807) is 11.8 Å². The number of hydrogen-bond acceptors (Lipinski definition) is 1. The largest absolute Gasteiger partial charge is 0.316 e. The van der Waals surface area contributed by atoms with Crippen molar-refractivity contribution < 1.29 is 5.32 Å². The van der Waals surface area contributed by atoms with Gasteiger partial charge in [0.05, 0.1) is 7.05 Å². The zero-order chi connectivity index (χ0) is 16.0. The lowest BCUT2D eigenvalue weighted by atomic mass is 9.80. The average molecular weight is 313 g/mol. The van der Waals surface area contributed by atoms with Gasteiger partial charge in [0.2, 0.25) is 0 Å². The van der Waals surface area contributed by atoms with Gasteiger partial charge in [0.1, 0.15) is 5.69 Å². The fourth-order valence-electron chi connectivity index (χ4n) is 2.68. The van der Waals surface area contributed by atoms with Crippen LogP contribution in [0.3, 0.4) is 0 Å². The molecule has 0 aromatic heterocycles. The molecule has 1 nitrogen and oxygen atoms in total. The Balaban J connectivity index is 2.09. The summed E-state index contributed by atoms with van der Waals surface area (Å²) in [4.78, 5) is 1.31. The minimum atomic E-state index is 0.138. The lowest BCUT2D eigenvalue weighted by molar-refractivity contribution is -0.540. The van der Waals surface area contributed by atoms with E-state index in [1.165, 1.54) is 21.7 Å². The van der Waals surface area contributed by atoms with Crippen molar-refractivity contribution in [2.45, 2.75) is 30.6 Å². The molecule has 0 aliphatic carbocycles. The average Bonchev–Trinajstić information content (AvgIpc) is 2.55. The highest BCUT2D eigenvalue weighted by atomic mass is 32.2. The Labute approximate surface area is 138 Å². The first kappa shape index (κ1) is 16.9. The first-order valence-electron chi connectivity index (χ1n) is 7.76. The third-order valence-corrected chi connectivity index (χ3v) is 4.80. The molecule has 116 valence electrons. The first-order valence-corrected chi connectivity index (χ1v) is 8.99. The van der Waals surface area contributed by atoms with E-state index in [9.17, 15) is 0 Å². The summed E-state index contributed by atoms with van der Waals surface area (Å²) in [5.74, 6) is 0. The summed E-state index contributed by atoms with van der Waals surface area (Å²) < 4.78 is 0. The van der Waals surface area contributed by atoms with Crippen LogP contribution in [0.25, 0.3) is 6.08 Å². The van der Waals surface area contributed by atoms with Crippen molar-refractivity contribution in [3.63, 3.8) is 0 Å². The van der Waals surface area contributed by atoms with Gasteiger partial charge >= 0.3 is 0 Å². The second-order valence-corrected chi connectivity index (χ2v) is 7.02. The number of hydrogen-bond donors (Lipinski definition) is 1. The van der Waals surface area contributed by atoms with E-state index in [1.807, 2.05) is 0 Å². The van der Waals surface area contributed by atoms with Crippen LogP contribution < -0.4 is 5.32 Å². The van der Waals surface area contributed by atoms with E-state index < -0.39 is 0 Å². The molecule has 22 heavy (non-hydrogen) atoms. The Kier molecular flexibility index (Phi) is 5.87. The molecule has 2 N–H and O–H groups in total. The van der Waals surface area contributed by atoms with Crippen LogP contribution in [0.1, 0.15) is 31.4 Å². The molecule has 0 aliphatic rings. The molecule has 0 heterocycles. The minimum absolute atomic E-state index is 0.138. The van der Waals surface area contributed by atoms with Gasteiger partial charge in [-0.15, -0.1) is 11.8 Å². The SMILES string of the molecule is C[NH2+]c1ccccc1C(C)(C)C/C=C/c1ccc(SC)cc1. The molecule has 0 fully saturated rings. The highest BCUT2D eigenvalue weighted by Crippen LogP contribution is 2.31. The summed E-state index contributed by atoms with van der Waals surface area (Å²) in [5, 5.41) is 2.20. The Morgan fingerprint density at radius 3 is 2.36 bits per heavy atom. The van der Waals surface area contributed by atoms with Gasteiger partial charge in [-0.25, -0.2) is 0 Å². The molecule has 0 saturated carbocycles. The van der Waals surface area contributed by atoms with Crippen molar-refractivity contribution in [1.29, 1.82) is 0 Å². The smallest absolute Gasteiger partial charge is 0.133 e. The number of rotatable bonds is 6. The van der Waals surface area contributed by atoms with Gasteiger partial charge in [-0.3, -0.25) is 0 Å². The maximum Gasteiger partial charge on any atom is 0.133 e. The fraction of sp³-hybridized carbons (Fsp3) is 0.300. The molecule has 2 aromatic rings. The van der Waals surface area contributed by atoms with Crippen LogP contribution in [0.4, 0.5) is 5.69 Å². The van der Waals surface area contributed by atoms with Crippen LogP contribution >= 0.6 is 11.8 Å². The maximum atomic E-state index is 2.32. The number of benzene rings is 2. The summed E-state index contributed by atoms with van der Waals surface area (Å²) in [6.07, 6.45) is 7.66. The third-order valence-electron chi connectivity index (χ3n) is 4.06. The monoisotopic (exact) mass is 312 g/mol. The zero-order valence-electron chi connectivity index (χ0n) is 14.0. The molecule has 0 spiro atoms. The third kappa shape index (κ3) is 4.25. The van der Waals surface area contributed by atoms with Crippen LogP contribution in [-0.4, -0.2) is 13.3 Å². The fourth-order valence-corrected chi connectivity index (χ4v) is 3.09. The van der Waals surface area contributed by atoms with Gasteiger partial charge in [0, 0.05) is 10.5 Å². The number of nitrogens with two attached hydrogens (primary N) is 1. The van der Waals surface area contributed by atoms with Gasteiger partial charge in [-0.2, -0.15) is 0 Å². The van der Waals surface area contributed by atoms with Crippen molar-refractivity contribution in [2.75, 3.05) is 13.3 Å². The quantitative estimate of drug-likeness (QED) is 0.608. The Morgan fingerprint density at radius 1 is 1.05 bits per heavy atom. The molecule has 0 saturated heterocycles. The van der Waals surface area contributed by atoms with Gasteiger partial charge in [0.25, 0.3) is 0 Å². The van der Waals surface area contributed by atoms with Crippen molar-refractivity contribution in [3.05, 3.63) is 65.7 Å². The number of quaternary nitrogens is 1. The molecule has 2 aromatic carbocycles. The van der Waals surface area contributed by atoms with Crippen molar-refractivity contribution >= 4 is 23.5 Å². The predicted octanol–water partition coefficient (Wildman–Crippen LogP) is 4.61. The molecule has 0 aliphatic heterocycles. The first-order chi connectivity index (χ1) is 10.6. The minimum Gasteiger partial charge on any atom is -0.316 e. The van der Waals surface area contributed by atoms with Gasteiger partial charge in [-0.05, 0) is 41.9 Å². The Bertz CT molecular complexity index is 626. The van der Waals surface area contributed by atoms with Crippen molar-refractivity contribution in [3.8, 4) is 0 Å². The topological polar surface area (TPSA) is 16.6 Å². The van der Waals surface area contributed by atoms with Crippen LogP contribution in [0.5, 0.6) is 0 Å². The number of para-hydroxylation sites is 1. The Morgan fingerprint density at radius 2 is 1.73 bits per heavy atom. The van der Waals surface area contributed by atoms with E-state index in [2.05, 4.69) is 93.2 Å². The molecule has 0 radical (unpaired) electrons. The molecular weight excluding hydrogens is 286 g/mol. The summed E-state index contributed by atoms with van der Waals surface area (Å²) >= 11 is 1.78. The van der Waals surface area contributed by atoms with E-state index in [0.717, 1.165) is 6.42 Å². The summed E-state index contributed by atoms with van der Waals surface area (Å²) in [5.41, 5.74) is 4.16. The Hall–Kier alpha value is -1.51. The van der Waals surface area contributed by atoms with Crippen LogP contribution in [0, 0.1) is 0 Å². The van der Waals surface area contributed by atoms with E-state index in [0.29, 0.717) is 0 Å². The predicted molar refractivity (Wildman–Crippen MR) is 98.9 cm³/mol. The van der Waals surface area contributed by atoms with E-state index in [-0.39, 0.29) is 5.41 Å². The number of thioether (sulfide) groups is 1. The van der Waals surface area contributed by atoms with E-state index in [4.69, 9.17) is 0 Å². The molecule has 0 amide bonds. The standard InChI is InChI=1S/C20H25NS/c1-20(2,18-9-5-6-10-19(18)21-3)15-7-8-16-11-13-17(22-4)14-12-16/h5-14,21H,15H2,1-4H3/p+1/b8-7+. The van der Waals surface area contributed by atoms with Crippen molar-refractivity contribution in [1.82, 2.24) is 0 Å². The van der Waals surface area contributed by atoms with Gasteiger partial charge < -0.3 is 5.32 Å².